The third-order valence-corrected chi connectivity index (χ3v) is 6.80. The van der Waals surface area contributed by atoms with Crippen molar-refractivity contribution in [3.63, 3.8) is 0 Å². The Labute approximate surface area is 248 Å². The number of rotatable bonds is 11. The predicted molar refractivity (Wildman–Crippen MR) is 155 cm³/mol. The summed E-state index contributed by atoms with van der Waals surface area (Å²) in [6, 6.07) is 6.37. The Morgan fingerprint density at radius 2 is 1.72 bits per heavy atom. The van der Waals surface area contributed by atoms with Crippen LogP contribution in [0.2, 0.25) is 0 Å². The lowest BCUT2D eigenvalue weighted by Gasteiger charge is -2.36. The van der Waals surface area contributed by atoms with Gasteiger partial charge < -0.3 is 29.6 Å². The lowest BCUT2D eigenvalue weighted by molar-refractivity contribution is -0.133. The number of benzene rings is 1. The number of nitrogens with zero attached hydrogens (tertiary/aromatic N) is 4. The number of amides is 1. The third kappa shape index (κ3) is 7.37. The van der Waals surface area contributed by atoms with Crippen molar-refractivity contribution in [3.8, 4) is 23.0 Å². The summed E-state index contributed by atoms with van der Waals surface area (Å²) in [4.78, 5) is 27.0. The van der Waals surface area contributed by atoms with Crippen LogP contribution < -0.4 is 34.5 Å². The van der Waals surface area contributed by atoms with Gasteiger partial charge in [0, 0.05) is 22.4 Å². The molecule has 4 rings (SSSR count). The zero-order chi connectivity index (χ0) is 31.5. The van der Waals surface area contributed by atoms with Gasteiger partial charge in [-0.2, -0.15) is 4.98 Å². The Balaban J connectivity index is 1.59. The average molecular weight is 620 g/mol. The molecule has 1 unspecified atom stereocenters. The maximum atomic E-state index is 14.8. The molecular formula is C27H33FN6O8P+. The monoisotopic (exact) mass is 619 g/mol. The van der Waals surface area contributed by atoms with Gasteiger partial charge >= 0.3 is 8.25 Å². The summed E-state index contributed by atoms with van der Waals surface area (Å²) in [7, 11) is 1.91. The van der Waals surface area contributed by atoms with Gasteiger partial charge in [0.25, 0.3) is 5.91 Å². The Hall–Kier alpha value is -4.33. The van der Waals surface area contributed by atoms with E-state index in [1.165, 1.54) is 32.3 Å². The van der Waals surface area contributed by atoms with Crippen LogP contribution in [0.3, 0.4) is 0 Å². The maximum Gasteiger partial charge on any atom is 0.699 e. The summed E-state index contributed by atoms with van der Waals surface area (Å²) in [5.74, 6) is 0.240. The summed E-state index contributed by atoms with van der Waals surface area (Å²) >= 11 is 0. The molecule has 0 fully saturated rings. The topological polar surface area (TPSA) is 155 Å². The van der Waals surface area contributed by atoms with Gasteiger partial charge in [-0.1, -0.05) is 4.52 Å². The molecule has 0 aliphatic carbocycles. The summed E-state index contributed by atoms with van der Waals surface area (Å²) in [6.45, 7) is 7.91. The van der Waals surface area contributed by atoms with Crippen molar-refractivity contribution in [1.29, 1.82) is 0 Å². The minimum atomic E-state index is -2.54. The van der Waals surface area contributed by atoms with Crippen molar-refractivity contribution in [3.05, 3.63) is 36.3 Å². The molecule has 2 aromatic heterocycles. The second-order valence-electron chi connectivity index (χ2n) is 10.6. The zero-order valence-electron chi connectivity index (χ0n) is 25.0. The molecule has 0 saturated heterocycles. The SMILES string of the molecule is COc1cc(Nc2ncc(F)c(Nc3ccc4c(n3)N(CO[P+](=O)OC(C)(C)C)C(=O)C(C)(C)O4)n2)cc(OC)c1OC. The highest BCUT2D eigenvalue weighted by molar-refractivity contribution is 7.33. The molecule has 3 aromatic rings. The van der Waals surface area contributed by atoms with E-state index in [2.05, 4.69) is 25.6 Å². The second-order valence-corrected chi connectivity index (χ2v) is 11.5. The lowest BCUT2D eigenvalue weighted by atomic mass is 10.1. The van der Waals surface area contributed by atoms with E-state index < -0.39 is 37.9 Å². The summed E-state index contributed by atoms with van der Waals surface area (Å²) in [6.07, 6.45) is 0.981. The van der Waals surface area contributed by atoms with E-state index in [0.717, 1.165) is 6.20 Å². The van der Waals surface area contributed by atoms with Gasteiger partial charge in [0.2, 0.25) is 11.7 Å². The van der Waals surface area contributed by atoms with Crippen molar-refractivity contribution in [2.45, 2.75) is 45.8 Å². The third-order valence-electron chi connectivity index (χ3n) is 5.77. The molecule has 2 N–H and O–H groups in total. The Kier molecular flexibility index (Phi) is 9.18. The van der Waals surface area contributed by atoms with Crippen LogP contribution >= 0.6 is 8.25 Å². The number of hydrogen-bond donors (Lipinski definition) is 2. The molecule has 1 aromatic carbocycles. The van der Waals surface area contributed by atoms with Crippen LogP contribution in [0.4, 0.5) is 33.5 Å². The van der Waals surface area contributed by atoms with Gasteiger partial charge in [-0.15, -0.1) is 4.52 Å². The van der Waals surface area contributed by atoms with Crippen LogP contribution in [0.25, 0.3) is 0 Å². The second kappa shape index (κ2) is 12.5. The molecule has 1 amide bonds. The number of methoxy groups -OCH3 is 3. The fraction of sp³-hybridized carbons (Fsp3) is 0.407. The summed E-state index contributed by atoms with van der Waals surface area (Å²) < 4.78 is 59.7. The highest BCUT2D eigenvalue weighted by Crippen LogP contribution is 2.41. The molecule has 1 aliphatic rings. The fourth-order valence-electron chi connectivity index (χ4n) is 3.91. The molecule has 230 valence electrons. The zero-order valence-corrected chi connectivity index (χ0v) is 25.9. The first-order valence-corrected chi connectivity index (χ1v) is 14.0. The molecule has 1 atom stereocenters. The van der Waals surface area contributed by atoms with Crippen LogP contribution in [-0.2, 0) is 18.4 Å². The number of fused-ring (bicyclic) bond motifs is 1. The first-order chi connectivity index (χ1) is 20.2. The number of pyridine rings is 1. The summed E-state index contributed by atoms with van der Waals surface area (Å²) in [5, 5.41) is 5.78. The minimum Gasteiger partial charge on any atom is -0.493 e. The van der Waals surface area contributed by atoms with Gasteiger partial charge in [0.15, 0.2) is 47.0 Å². The van der Waals surface area contributed by atoms with Crippen LogP contribution in [-0.4, -0.2) is 60.1 Å². The standard InChI is InChI=1S/C27H33FN6O8P/c1-26(2,3)42-43(36)40-14-34-23-17(41-27(4,5)24(34)35)9-10-20(32-23)31-22-16(28)13-29-25(33-22)30-15-11-18(37-6)21(39-8)19(12-15)38-7/h9-13H,14H2,1-8H3,(H2,29,30,31,32,33)/q+1. The maximum absolute atomic E-state index is 14.8. The van der Waals surface area contributed by atoms with Gasteiger partial charge in [-0.25, -0.2) is 14.4 Å². The fourth-order valence-corrected chi connectivity index (χ4v) is 4.62. The molecular weight excluding hydrogens is 586 g/mol. The van der Waals surface area contributed by atoms with Gasteiger partial charge in [-0.05, 0) is 46.8 Å². The average Bonchev–Trinajstić information content (AvgIpc) is 2.93. The molecule has 0 saturated carbocycles. The van der Waals surface area contributed by atoms with E-state index in [-0.39, 0.29) is 29.2 Å². The van der Waals surface area contributed by atoms with E-state index in [0.29, 0.717) is 22.9 Å². The molecule has 0 bridgehead atoms. The molecule has 3 heterocycles. The van der Waals surface area contributed by atoms with E-state index >= 15 is 0 Å². The minimum absolute atomic E-state index is 0.0501. The quantitative estimate of drug-likeness (QED) is 0.261. The Bertz CT molecular complexity index is 1510. The lowest BCUT2D eigenvalue weighted by Crippen LogP contribution is -2.53. The Morgan fingerprint density at radius 3 is 2.33 bits per heavy atom. The van der Waals surface area contributed by atoms with E-state index in [4.69, 9.17) is 28.0 Å². The molecule has 0 spiro atoms. The van der Waals surface area contributed by atoms with Crippen LogP contribution in [0.15, 0.2) is 30.5 Å². The van der Waals surface area contributed by atoms with Crippen molar-refractivity contribution >= 4 is 43.3 Å². The van der Waals surface area contributed by atoms with Gasteiger partial charge in [0.1, 0.15) is 11.4 Å². The number of aromatic nitrogens is 3. The van der Waals surface area contributed by atoms with Gasteiger partial charge in [0.05, 0.1) is 27.5 Å². The van der Waals surface area contributed by atoms with Crippen molar-refractivity contribution in [1.82, 2.24) is 15.0 Å². The molecule has 0 radical (unpaired) electrons. The van der Waals surface area contributed by atoms with Crippen LogP contribution in [0.1, 0.15) is 34.6 Å². The molecule has 43 heavy (non-hydrogen) atoms. The van der Waals surface area contributed by atoms with Crippen LogP contribution in [0.5, 0.6) is 23.0 Å². The number of ether oxygens (including phenoxy) is 4. The highest BCUT2D eigenvalue weighted by atomic mass is 31.1. The van der Waals surface area contributed by atoms with Crippen molar-refractivity contribution < 1.29 is 41.7 Å². The summed E-state index contributed by atoms with van der Waals surface area (Å²) in [5.41, 5.74) is -1.49. The van der Waals surface area contributed by atoms with E-state index in [1.807, 2.05) is 0 Å². The number of carbonyl (C=O) groups excluding carboxylic acids is 1. The van der Waals surface area contributed by atoms with Crippen molar-refractivity contribution in [2.24, 2.45) is 0 Å². The van der Waals surface area contributed by atoms with Gasteiger partial charge in [-0.3, -0.25) is 9.69 Å². The molecule has 14 nitrogen and oxygen atoms in total. The molecule has 1 aliphatic heterocycles. The number of nitrogens with one attached hydrogen (secondary N) is 2. The number of hydrogen-bond acceptors (Lipinski definition) is 13. The van der Waals surface area contributed by atoms with Crippen LogP contribution in [0, 0.1) is 5.82 Å². The number of halogens is 1. The van der Waals surface area contributed by atoms with Crippen molar-refractivity contribution in [2.75, 3.05) is 43.6 Å². The molecule has 16 heteroatoms. The number of carbonyl (C=O) groups is 1. The Morgan fingerprint density at radius 1 is 1.05 bits per heavy atom. The number of anilines is 5. The van der Waals surface area contributed by atoms with E-state index in [9.17, 15) is 13.8 Å². The smallest absolute Gasteiger partial charge is 0.493 e. The normalized spacial score (nSPS) is 14.4. The first kappa shape index (κ1) is 31.6. The predicted octanol–water partition coefficient (Wildman–Crippen LogP) is 5.47. The highest BCUT2D eigenvalue weighted by Gasteiger charge is 2.44. The first-order valence-electron chi connectivity index (χ1n) is 12.9. The largest absolute Gasteiger partial charge is 0.699 e. The van der Waals surface area contributed by atoms with E-state index in [1.54, 1.807) is 52.8 Å².